The van der Waals surface area contributed by atoms with Crippen LogP contribution in [-0.4, -0.2) is 20.1 Å². The Balaban J connectivity index is 2.26. The summed E-state index contributed by atoms with van der Waals surface area (Å²) in [7, 11) is -3.67. The summed E-state index contributed by atoms with van der Waals surface area (Å²) in [5, 5.41) is 10.3. The van der Waals surface area contributed by atoms with Gasteiger partial charge in [-0.15, -0.1) is 11.3 Å². The number of benzene rings is 1. The van der Waals surface area contributed by atoms with E-state index in [0.717, 1.165) is 17.4 Å². The first-order chi connectivity index (χ1) is 10.0. The molecule has 110 valence electrons. The van der Waals surface area contributed by atoms with Crippen LogP contribution < -0.4 is 4.72 Å². The number of halogens is 1. The lowest BCUT2D eigenvalue weighted by Crippen LogP contribution is -2.11. The standard InChI is InChI=1S/C14H12FNO3S2/c15-13-7-6-12(10-11(13)4-1-2-8-17)16-21(18,19)14-5-3-9-20-14/h3,5-7,9-10,16-17H,2,8H2. The first-order valence-electron chi connectivity index (χ1n) is 5.98. The molecule has 1 aromatic heterocycles. The Morgan fingerprint density at radius 3 is 2.81 bits per heavy atom. The topological polar surface area (TPSA) is 66.4 Å². The van der Waals surface area contributed by atoms with Crippen LogP contribution in [0, 0.1) is 17.7 Å². The monoisotopic (exact) mass is 325 g/mol. The Bertz CT molecular complexity index is 774. The van der Waals surface area contributed by atoms with Crippen LogP contribution in [0.3, 0.4) is 0 Å². The fourth-order valence-electron chi connectivity index (χ4n) is 1.52. The molecular formula is C14H12FNO3S2. The molecule has 7 heteroatoms. The third-order valence-corrected chi connectivity index (χ3v) is 5.22. The molecule has 0 unspecified atom stereocenters. The molecule has 0 spiro atoms. The lowest BCUT2D eigenvalue weighted by atomic mass is 10.2. The normalized spacial score (nSPS) is 10.8. The van der Waals surface area contributed by atoms with Gasteiger partial charge in [0.1, 0.15) is 10.0 Å². The van der Waals surface area contributed by atoms with Crippen LogP contribution in [0.25, 0.3) is 0 Å². The van der Waals surface area contributed by atoms with Crippen LogP contribution in [0.15, 0.2) is 39.9 Å². The third-order valence-electron chi connectivity index (χ3n) is 2.44. The zero-order chi connectivity index (χ0) is 15.3. The lowest BCUT2D eigenvalue weighted by molar-refractivity contribution is 0.305. The number of anilines is 1. The van der Waals surface area contributed by atoms with E-state index in [1.165, 1.54) is 18.2 Å². The van der Waals surface area contributed by atoms with Crippen molar-refractivity contribution in [1.82, 2.24) is 0 Å². The van der Waals surface area contributed by atoms with E-state index in [1.54, 1.807) is 11.4 Å². The Morgan fingerprint density at radius 1 is 1.33 bits per heavy atom. The Morgan fingerprint density at radius 2 is 2.14 bits per heavy atom. The van der Waals surface area contributed by atoms with Crippen LogP contribution >= 0.6 is 11.3 Å². The third kappa shape index (κ3) is 4.04. The highest BCUT2D eigenvalue weighted by molar-refractivity contribution is 7.94. The second kappa shape index (κ2) is 6.72. The highest BCUT2D eigenvalue weighted by Gasteiger charge is 2.15. The van der Waals surface area contributed by atoms with Crippen molar-refractivity contribution in [3.63, 3.8) is 0 Å². The van der Waals surface area contributed by atoms with Gasteiger partial charge in [0.25, 0.3) is 10.0 Å². The van der Waals surface area contributed by atoms with E-state index in [-0.39, 0.29) is 28.5 Å². The molecule has 0 amide bonds. The van der Waals surface area contributed by atoms with Gasteiger partial charge < -0.3 is 5.11 Å². The maximum absolute atomic E-state index is 13.6. The molecule has 21 heavy (non-hydrogen) atoms. The zero-order valence-corrected chi connectivity index (χ0v) is 12.5. The quantitative estimate of drug-likeness (QED) is 0.849. The van der Waals surface area contributed by atoms with Crippen molar-refractivity contribution in [1.29, 1.82) is 0 Å². The van der Waals surface area contributed by atoms with Gasteiger partial charge in [0.05, 0.1) is 17.9 Å². The summed E-state index contributed by atoms with van der Waals surface area (Å²) < 4.78 is 40.2. The van der Waals surface area contributed by atoms with E-state index in [2.05, 4.69) is 16.6 Å². The Labute approximate surface area is 126 Å². The van der Waals surface area contributed by atoms with Crippen LogP contribution in [0.5, 0.6) is 0 Å². The van der Waals surface area contributed by atoms with Gasteiger partial charge in [0, 0.05) is 6.42 Å². The van der Waals surface area contributed by atoms with Gasteiger partial charge in [-0.1, -0.05) is 17.9 Å². The zero-order valence-electron chi connectivity index (χ0n) is 10.8. The van der Waals surface area contributed by atoms with E-state index in [4.69, 9.17) is 5.11 Å². The van der Waals surface area contributed by atoms with Gasteiger partial charge >= 0.3 is 0 Å². The molecule has 0 radical (unpaired) electrons. The molecule has 0 aliphatic rings. The Kier molecular flexibility index (Phi) is 4.96. The summed E-state index contributed by atoms with van der Waals surface area (Å²) >= 11 is 1.09. The molecule has 0 atom stereocenters. The maximum atomic E-state index is 13.6. The van der Waals surface area contributed by atoms with Crippen molar-refractivity contribution in [2.24, 2.45) is 0 Å². The molecule has 2 N–H and O–H groups in total. The van der Waals surface area contributed by atoms with Gasteiger partial charge in [0.2, 0.25) is 0 Å². The number of aliphatic hydroxyl groups is 1. The van der Waals surface area contributed by atoms with Crippen molar-refractivity contribution in [3.05, 3.63) is 47.1 Å². The molecule has 0 bridgehead atoms. The first kappa shape index (κ1) is 15.5. The van der Waals surface area contributed by atoms with E-state index < -0.39 is 15.8 Å². The van der Waals surface area contributed by atoms with Crippen molar-refractivity contribution in [3.8, 4) is 11.8 Å². The lowest BCUT2D eigenvalue weighted by Gasteiger charge is -2.07. The number of nitrogens with one attached hydrogen (secondary N) is 1. The number of thiophene rings is 1. The molecule has 0 fully saturated rings. The summed E-state index contributed by atoms with van der Waals surface area (Å²) in [5.41, 5.74) is 0.313. The molecule has 1 heterocycles. The molecular weight excluding hydrogens is 313 g/mol. The summed E-state index contributed by atoms with van der Waals surface area (Å²) in [5.74, 6) is 4.61. The SMILES string of the molecule is O=S(=O)(Nc1ccc(F)c(C#CCCO)c1)c1cccs1. The number of aliphatic hydroxyl groups excluding tert-OH is 1. The predicted molar refractivity (Wildman–Crippen MR) is 80.1 cm³/mol. The molecule has 2 aromatic rings. The van der Waals surface area contributed by atoms with Crippen molar-refractivity contribution >= 4 is 27.0 Å². The van der Waals surface area contributed by atoms with Gasteiger partial charge in [-0.25, -0.2) is 12.8 Å². The summed E-state index contributed by atoms with van der Waals surface area (Å²) in [6.07, 6.45) is 0.227. The summed E-state index contributed by atoms with van der Waals surface area (Å²) in [6.45, 7) is -0.112. The van der Waals surface area contributed by atoms with Crippen molar-refractivity contribution in [2.75, 3.05) is 11.3 Å². The minimum Gasteiger partial charge on any atom is -0.395 e. The molecule has 0 aliphatic heterocycles. The van der Waals surface area contributed by atoms with E-state index in [0.29, 0.717) is 0 Å². The number of hydrogen-bond acceptors (Lipinski definition) is 4. The van der Waals surface area contributed by atoms with Gasteiger partial charge in [-0.05, 0) is 29.6 Å². The molecule has 1 aromatic carbocycles. The predicted octanol–water partition coefficient (Wildman–Crippen LogP) is 2.42. The van der Waals surface area contributed by atoms with Crippen LogP contribution in [0.1, 0.15) is 12.0 Å². The second-order valence-corrected chi connectivity index (χ2v) is 6.86. The smallest absolute Gasteiger partial charge is 0.271 e. The second-order valence-electron chi connectivity index (χ2n) is 4.01. The average Bonchev–Trinajstić information content (AvgIpc) is 2.97. The van der Waals surface area contributed by atoms with E-state index in [1.807, 2.05) is 0 Å². The van der Waals surface area contributed by atoms with Crippen LogP contribution in [0.4, 0.5) is 10.1 Å². The molecule has 2 rings (SSSR count). The summed E-state index contributed by atoms with van der Waals surface area (Å²) in [4.78, 5) is 0. The van der Waals surface area contributed by atoms with Crippen LogP contribution in [-0.2, 0) is 10.0 Å². The number of rotatable bonds is 4. The van der Waals surface area contributed by atoms with E-state index in [9.17, 15) is 12.8 Å². The molecule has 0 saturated heterocycles. The maximum Gasteiger partial charge on any atom is 0.271 e. The number of hydrogen-bond donors (Lipinski definition) is 2. The minimum absolute atomic E-state index is 0.0785. The average molecular weight is 325 g/mol. The summed E-state index contributed by atoms with van der Waals surface area (Å²) in [6, 6.07) is 6.92. The van der Waals surface area contributed by atoms with Crippen LogP contribution in [0.2, 0.25) is 0 Å². The largest absolute Gasteiger partial charge is 0.395 e. The number of sulfonamides is 1. The van der Waals surface area contributed by atoms with Crippen molar-refractivity contribution in [2.45, 2.75) is 10.6 Å². The fourth-order valence-corrected chi connectivity index (χ4v) is 3.56. The van der Waals surface area contributed by atoms with Crippen molar-refractivity contribution < 1.29 is 17.9 Å². The minimum atomic E-state index is -3.67. The fraction of sp³-hybridized carbons (Fsp3) is 0.143. The van der Waals surface area contributed by atoms with E-state index >= 15 is 0 Å². The first-order valence-corrected chi connectivity index (χ1v) is 8.35. The van der Waals surface area contributed by atoms with Gasteiger partial charge in [-0.3, -0.25) is 4.72 Å². The van der Waals surface area contributed by atoms with Gasteiger partial charge in [-0.2, -0.15) is 0 Å². The van der Waals surface area contributed by atoms with Gasteiger partial charge in [0.15, 0.2) is 0 Å². The molecule has 0 saturated carbocycles. The molecule has 4 nitrogen and oxygen atoms in total. The molecule has 0 aliphatic carbocycles. The highest BCUT2D eigenvalue weighted by atomic mass is 32.2. The highest BCUT2D eigenvalue weighted by Crippen LogP contribution is 2.21. The Hall–Kier alpha value is -1.88.